The lowest BCUT2D eigenvalue weighted by Crippen LogP contribution is -2.33. The molecule has 0 spiro atoms. The van der Waals surface area contributed by atoms with Gasteiger partial charge >= 0.3 is 0 Å². The predicted octanol–water partition coefficient (Wildman–Crippen LogP) is 1.38. The minimum atomic E-state index is 0.274. The first-order valence-electron chi connectivity index (χ1n) is 4.28. The van der Waals surface area contributed by atoms with Gasteiger partial charge in [-0.2, -0.15) is 0 Å². The zero-order valence-corrected chi connectivity index (χ0v) is 7.73. The Labute approximate surface area is 73.3 Å². The summed E-state index contributed by atoms with van der Waals surface area (Å²) in [7, 11) is 0. The summed E-state index contributed by atoms with van der Waals surface area (Å²) in [4.78, 5) is 0. The average Bonchev–Trinajstić information content (AvgIpc) is 2.52. The molecule has 1 aliphatic rings. The molecule has 1 rings (SSSR count). The summed E-state index contributed by atoms with van der Waals surface area (Å²) in [6, 6.07) is 0.544. The molecule has 1 heterocycles. The second-order valence-corrected chi connectivity index (χ2v) is 3.59. The molecule has 3 heteroatoms. The third-order valence-corrected chi connectivity index (χ3v) is 2.46. The smallest absolute Gasteiger partial charge is 0.0620 e. The molecule has 0 radical (unpaired) electrons. The Kier molecular flexibility index (Phi) is 4.20. The molecule has 2 nitrogen and oxygen atoms in total. The van der Waals surface area contributed by atoms with Gasteiger partial charge in [0.15, 0.2) is 0 Å². The summed E-state index contributed by atoms with van der Waals surface area (Å²) >= 11 is 5.94. The number of ether oxygens (including phenoxy) is 1. The molecule has 1 saturated heterocycles. The maximum atomic E-state index is 5.94. The van der Waals surface area contributed by atoms with Gasteiger partial charge in [-0.3, -0.25) is 0 Å². The van der Waals surface area contributed by atoms with E-state index < -0.39 is 0 Å². The first-order chi connectivity index (χ1) is 5.33. The van der Waals surface area contributed by atoms with Gasteiger partial charge in [0.2, 0.25) is 0 Å². The van der Waals surface area contributed by atoms with Crippen LogP contribution in [0.1, 0.15) is 19.8 Å². The van der Waals surface area contributed by atoms with Crippen LogP contribution < -0.4 is 5.32 Å². The second kappa shape index (κ2) is 4.96. The summed E-state index contributed by atoms with van der Waals surface area (Å²) in [6.45, 7) is 4.76. The first kappa shape index (κ1) is 9.30. The van der Waals surface area contributed by atoms with E-state index >= 15 is 0 Å². The van der Waals surface area contributed by atoms with Gasteiger partial charge in [-0.1, -0.05) is 6.92 Å². The Bertz CT molecular complexity index is 104. The topological polar surface area (TPSA) is 21.3 Å². The van der Waals surface area contributed by atoms with E-state index in [1.807, 2.05) is 0 Å². The molecule has 0 saturated carbocycles. The Morgan fingerprint density at radius 1 is 1.73 bits per heavy atom. The van der Waals surface area contributed by atoms with Crippen molar-refractivity contribution in [1.29, 1.82) is 0 Å². The summed E-state index contributed by atoms with van der Waals surface area (Å²) in [5.74, 6) is 0. The van der Waals surface area contributed by atoms with Crippen molar-refractivity contribution in [3.8, 4) is 0 Å². The summed E-state index contributed by atoms with van der Waals surface area (Å²) in [5, 5.41) is 3.65. The number of halogens is 1. The number of hydrogen-bond acceptors (Lipinski definition) is 2. The largest absolute Gasteiger partial charge is 0.380 e. The van der Waals surface area contributed by atoms with E-state index in [0.717, 1.165) is 32.6 Å². The fraction of sp³-hybridized carbons (Fsp3) is 1.00. The third kappa shape index (κ3) is 3.41. The average molecular weight is 178 g/mol. The van der Waals surface area contributed by atoms with Crippen molar-refractivity contribution < 1.29 is 4.74 Å². The van der Waals surface area contributed by atoms with Crippen LogP contribution in [0.15, 0.2) is 0 Å². The molecular formula is C8H16ClNO. The zero-order valence-electron chi connectivity index (χ0n) is 6.98. The predicted molar refractivity (Wildman–Crippen MR) is 47.2 cm³/mol. The van der Waals surface area contributed by atoms with E-state index in [4.69, 9.17) is 16.3 Å². The highest BCUT2D eigenvalue weighted by Crippen LogP contribution is 2.05. The Hall–Kier alpha value is 0.210. The van der Waals surface area contributed by atoms with Gasteiger partial charge in [0.25, 0.3) is 0 Å². The molecule has 0 aromatic rings. The molecule has 1 fully saturated rings. The van der Waals surface area contributed by atoms with E-state index in [1.165, 1.54) is 0 Å². The molecule has 2 atom stereocenters. The van der Waals surface area contributed by atoms with Crippen LogP contribution in [0, 0.1) is 0 Å². The second-order valence-electron chi connectivity index (χ2n) is 2.97. The lowest BCUT2D eigenvalue weighted by atomic mass is 10.2. The van der Waals surface area contributed by atoms with E-state index in [-0.39, 0.29) is 5.38 Å². The first-order valence-corrected chi connectivity index (χ1v) is 4.71. The van der Waals surface area contributed by atoms with Gasteiger partial charge < -0.3 is 10.1 Å². The molecule has 0 amide bonds. The van der Waals surface area contributed by atoms with E-state index in [9.17, 15) is 0 Å². The van der Waals surface area contributed by atoms with Crippen LogP contribution in [-0.4, -0.2) is 31.2 Å². The third-order valence-electron chi connectivity index (χ3n) is 2.00. The van der Waals surface area contributed by atoms with Crippen molar-refractivity contribution in [1.82, 2.24) is 5.32 Å². The molecule has 11 heavy (non-hydrogen) atoms. The molecule has 0 aromatic carbocycles. The highest BCUT2D eigenvalue weighted by molar-refractivity contribution is 6.20. The van der Waals surface area contributed by atoms with Gasteiger partial charge in [0, 0.05) is 24.6 Å². The molecular weight excluding hydrogens is 162 g/mol. The fourth-order valence-corrected chi connectivity index (χ4v) is 1.22. The quantitative estimate of drug-likeness (QED) is 0.656. The van der Waals surface area contributed by atoms with Crippen LogP contribution in [-0.2, 0) is 4.74 Å². The number of hydrogen-bond donors (Lipinski definition) is 1. The standard InChI is InChI=1S/C8H16ClNO/c1-2-7(9)5-10-8-3-4-11-6-8/h7-8,10H,2-6H2,1H3. The highest BCUT2D eigenvalue weighted by Gasteiger charge is 2.15. The van der Waals surface area contributed by atoms with E-state index in [2.05, 4.69) is 12.2 Å². The van der Waals surface area contributed by atoms with E-state index in [0.29, 0.717) is 6.04 Å². The number of rotatable bonds is 4. The van der Waals surface area contributed by atoms with Crippen molar-refractivity contribution in [2.45, 2.75) is 31.2 Å². The van der Waals surface area contributed by atoms with Crippen LogP contribution in [0.4, 0.5) is 0 Å². The Morgan fingerprint density at radius 2 is 2.55 bits per heavy atom. The summed E-state index contributed by atoms with van der Waals surface area (Å²) in [5.41, 5.74) is 0. The normalized spacial score (nSPS) is 27.3. The van der Waals surface area contributed by atoms with E-state index in [1.54, 1.807) is 0 Å². The monoisotopic (exact) mass is 177 g/mol. The van der Waals surface area contributed by atoms with Gasteiger partial charge in [-0.05, 0) is 12.8 Å². The Balaban J connectivity index is 2.01. The van der Waals surface area contributed by atoms with Crippen molar-refractivity contribution in [2.24, 2.45) is 0 Å². The van der Waals surface area contributed by atoms with Crippen LogP contribution in [0.5, 0.6) is 0 Å². The molecule has 0 aliphatic carbocycles. The van der Waals surface area contributed by atoms with Crippen LogP contribution in [0.2, 0.25) is 0 Å². The Morgan fingerprint density at radius 3 is 3.09 bits per heavy atom. The number of alkyl halides is 1. The SMILES string of the molecule is CCC(Cl)CNC1CCOC1. The minimum absolute atomic E-state index is 0.274. The molecule has 66 valence electrons. The molecule has 2 unspecified atom stereocenters. The maximum Gasteiger partial charge on any atom is 0.0620 e. The molecule has 0 aromatic heterocycles. The highest BCUT2D eigenvalue weighted by atomic mass is 35.5. The minimum Gasteiger partial charge on any atom is -0.380 e. The van der Waals surface area contributed by atoms with Gasteiger partial charge in [0.1, 0.15) is 0 Å². The van der Waals surface area contributed by atoms with Crippen molar-refractivity contribution in [3.63, 3.8) is 0 Å². The van der Waals surface area contributed by atoms with Gasteiger partial charge in [-0.25, -0.2) is 0 Å². The molecule has 1 N–H and O–H groups in total. The van der Waals surface area contributed by atoms with Crippen LogP contribution in [0.3, 0.4) is 0 Å². The summed E-state index contributed by atoms with van der Waals surface area (Å²) in [6.07, 6.45) is 2.16. The number of nitrogens with one attached hydrogen (secondary N) is 1. The summed E-state index contributed by atoms with van der Waals surface area (Å²) < 4.78 is 5.22. The fourth-order valence-electron chi connectivity index (χ4n) is 1.13. The lowest BCUT2D eigenvalue weighted by molar-refractivity contribution is 0.190. The van der Waals surface area contributed by atoms with Crippen molar-refractivity contribution >= 4 is 11.6 Å². The zero-order chi connectivity index (χ0) is 8.10. The van der Waals surface area contributed by atoms with Crippen molar-refractivity contribution in [2.75, 3.05) is 19.8 Å². The van der Waals surface area contributed by atoms with Gasteiger partial charge in [-0.15, -0.1) is 11.6 Å². The van der Waals surface area contributed by atoms with Crippen LogP contribution >= 0.6 is 11.6 Å². The van der Waals surface area contributed by atoms with Gasteiger partial charge in [0.05, 0.1) is 6.61 Å². The van der Waals surface area contributed by atoms with Crippen LogP contribution in [0.25, 0.3) is 0 Å². The molecule has 0 bridgehead atoms. The molecule has 1 aliphatic heterocycles. The lowest BCUT2D eigenvalue weighted by Gasteiger charge is -2.12. The maximum absolute atomic E-state index is 5.94. The van der Waals surface area contributed by atoms with Crippen molar-refractivity contribution in [3.05, 3.63) is 0 Å².